The first-order valence-electron chi connectivity index (χ1n) is 3.71. The fourth-order valence-electron chi connectivity index (χ4n) is 1.25. The van der Waals surface area contributed by atoms with Crippen molar-refractivity contribution in [3.8, 4) is 6.07 Å². The van der Waals surface area contributed by atoms with Gasteiger partial charge in [0.25, 0.3) is 0 Å². The third kappa shape index (κ3) is 1.19. The molecule has 0 unspecified atom stereocenters. The van der Waals surface area contributed by atoms with Crippen molar-refractivity contribution in [1.29, 1.82) is 5.26 Å². The number of rotatable bonds is 0. The van der Waals surface area contributed by atoms with Crippen molar-refractivity contribution < 1.29 is 4.39 Å². The Balaban J connectivity index is 3.00. The molecule has 5 heteroatoms. The van der Waals surface area contributed by atoms with Crippen molar-refractivity contribution >= 4 is 42.4 Å². The van der Waals surface area contributed by atoms with E-state index in [1.165, 1.54) is 17.4 Å². The molecule has 0 atom stereocenters. The number of anilines is 1. The lowest BCUT2D eigenvalue weighted by atomic mass is 10.2. The van der Waals surface area contributed by atoms with Gasteiger partial charge >= 0.3 is 0 Å². The van der Waals surface area contributed by atoms with Crippen molar-refractivity contribution in [2.75, 3.05) is 5.73 Å². The van der Waals surface area contributed by atoms with E-state index in [0.29, 0.717) is 20.4 Å². The van der Waals surface area contributed by atoms with Gasteiger partial charge in [-0.3, -0.25) is 0 Å². The highest BCUT2D eigenvalue weighted by Gasteiger charge is 2.14. The second-order valence-corrected chi connectivity index (χ2v) is 4.56. The van der Waals surface area contributed by atoms with Crippen molar-refractivity contribution in [3.63, 3.8) is 0 Å². The first kappa shape index (κ1) is 9.44. The summed E-state index contributed by atoms with van der Waals surface area (Å²) in [4.78, 5) is 0. The van der Waals surface area contributed by atoms with E-state index < -0.39 is 0 Å². The van der Waals surface area contributed by atoms with Gasteiger partial charge in [-0.05, 0) is 28.1 Å². The fourth-order valence-corrected chi connectivity index (χ4v) is 2.86. The van der Waals surface area contributed by atoms with Gasteiger partial charge in [0, 0.05) is 10.1 Å². The van der Waals surface area contributed by atoms with Crippen LogP contribution in [0.5, 0.6) is 0 Å². The maximum absolute atomic E-state index is 13.2. The molecule has 2 rings (SSSR count). The number of nitriles is 1. The SMILES string of the molecule is N#Cc1c(N)sc2ccc(F)c(Br)c12. The summed E-state index contributed by atoms with van der Waals surface area (Å²) in [6.07, 6.45) is 0. The predicted octanol–water partition coefficient (Wildman–Crippen LogP) is 3.26. The van der Waals surface area contributed by atoms with Crippen LogP contribution in [0.2, 0.25) is 0 Å². The minimum atomic E-state index is -0.383. The van der Waals surface area contributed by atoms with E-state index in [1.807, 2.05) is 6.07 Å². The molecule has 0 fully saturated rings. The minimum Gasteiger partial charge on any atom is -0.389 e. The largest absolute Gasteiger partial charge is 0.389 e. The molecule has 1 heterocycles. The summed E-state index contributed by atoms with van der Waals surface area (Å²) in [5.74, 6) is -0.383. The van der Waals surface area contributed by atoms with Crippen LogP contribution in [0.1, 0.15) is 5.56 Å². The Labute approximate surface area is 91.9 Å². The normalized spacial score (nSPS) is 10.4. The maximum Gasteiger partial charge on any atom is 0.138 e. The Bertz CT molecular complexity index is 556. The number of nitrogen functional groups attached to an aromatic ring is 1. The molecule has 0 spiro atoms. The molecule has 0 radical (unpaired) electrons. The third-order valence-corrected chi connectivity index (χ3v) is 3.64. The van der Waals surface area contributed by atoms with Crippen LogP contribution in [0.15, 0.2) is 16.6 Å². The van der Waals surface area contributed by atoms with Crippen LogP contribution >= 0.6 is 27.3 Å². The van der Waals surface area contributed by atoms with Crippen molar-refractivity contribution in [1.82, 2.24) is 0 Å². The first-order chi connectivity index (χ1) is 6.65. The quantitative estimate of drug-likeness (QED) is 0.799. The van der Waals surface area contributed by atoms with Crippen LogP contribution in [0, 0.1) is 17.1 Å². The molecule has 2 N–H and O–H groups in total. The summed E-state index contributed by atoms with van der Waals surface area (Å²) < 4.78 is 14.3. The Morgan fingerprint density at radius 2 is 2.21 bits per heavy atom. The molecule has 0 bridgehead atoms. The smallest absolute Gasteiger partial charge is 0.138 e. The fraction of sp³-hybridized carbons (Fsp3) is 0. The molecule has 0 amide bonds. The highest BCUT2D eigenvalue weighted by Crippen LogP contribution is 2.38. The summed E-state index contributed by atoms with van der Waals surface area (Å²) in [6.45, 7) is 0. The minimum absolute atomic E-state index is 0.305. The van der Waals surface area contributed by atoms with Crippen molar-refractivity contribution in [2.24, 2.45) is 0 Å². The van der Waals surface area contributed by atoms with Gasteiger partial charge in [-0.15, -0.1) is 11.3 Å². The van der Waals surface area contributed by atoms with Gasteiger partial charge in [0.2, 0.25) is 0 Å². The molecule has 14 heavy (non-hydrogen) atoms. The number of nitrogens with zero attached hydrogens (tertiary/aromatic N) is 1. The average molecular weight is 271 g/mol. The van der Waals surface area contributed by atoms with E-state index in [2.05, 4.69) is 15.9 Å². The molecule has 0 saturated heterocycles. The van der Waals surface area contributed by atoms with Crippen LogP contribution < -0.4 is 5.73 Å². The second kappa shape index (κ2) is 3.23. The van der Waals surface area contributed by atoms with Gasteiger partial charge in [0.1, 0.15) is 16.9 Å². The highest BCUT2D eigenvalue weighted by atomic mass is 79.9. The maximum atomic E-state index is 13.2. The lowest BCUT2D eigenvalue weighted by Crippen LogP contribution is -1.84. The number of nitrogens with two attached hydrogens (primary N) is 1. The molecule has 0 aliphatic heterocycles. The lowest BCUT2D eigenvalue weighted by molar-refractivity contribution is 0.623. The van der Waals surface area contributed by atoms with Gasteiger partial charge in [-0.1, -0.05) is 0 Å². The molecule has 0 aliphatic carbocycles. The number of hydrogen-bond acceptors (Lipinski definition) is 3. The van der Waals surface area contributed by atoms with Crippen LogP contribution in [0.25, 0.3) is 10.1 Å². The molecular formula is C9H4BrFN2S. The van der Waals surface area contributed by atoms with Gasteiger partial charge < -0.3 is 5.73 Å². The van der Waals surface area contributed by atoms with E-state index in [1.54, 1.807) is 6.07 Å². The molecule has 1 aromatic carbocycles. The number of fused-ring (bicyclic) bond motifs is 1. The lowest BCUT2D eigenvalue weighted by Gasteiger charge is -1.96. The molecular weight excluding hydrogens is 267 g/mol. The summed E-state index contributed by atoms with van der Waals surface area (Å²) in [6, 6.07) is 4.95. The van der Waals surface area contributed by atoms with Crippen molar-refractivity contribution in [3.05, 3.63) is 28.0 Å². The summed E-state index contributed by atoms with van der Waals surface area (Å²) in [5.41, 5.74) is 5.98. The molecule has 2 aromatic rings. The topological polar surface area (TPSA) is 49.8 Å². The summed E-state index contributed by atoms with van der Waals surface area (Å²) in [7, 11) is 0. The highest BCUT2D eigenvalue weighted by molar-refractivity contribution is 9.10. The summed E-state index contributed by atoms with van der Waals surface area (Å²) in [5, 5.41) is 9.84. The molecule has 1 aromatic heterocycles. The number of hydrogen-bond donors (Lipinski definition) is 1. The predicted molar refractivity (Wildman–Crippen MR) is 58.6 cm³/mol. The number of halogens is 2. The van der Waals surface area contributed by atoms with E-state index in [-0.39, 0.29) is 5.82 Å². The Kier molecular flexibility index (Phi) is 2.17. The van der Waals surface area contributed by atoms with Crippen LogP contribution in [-0.2, 0) is 0 Å². The first-order valence-corrected chi connectivity index (χ1v) is 5.32. The number of benzene rings is 1. The average Bonchev–Trinajstić information content (AvgIpc) is 2.48. The van der Waals surface area contributed by atoms with E-state index >= 15 is 0 Å². The molecule has 70 valence electrons. The standard InChI is InChI=1S/C9H4BrFN2S/c10-8-5(11)1-2-6-7(8)4(3-12)9(13)14-6/h1-2H,13H2. The third-order valence-electron chi connectivity index (χ3n) is 1.88. The zero-order chi connectivity index (χ0) is 10.3. The van der Waals surface area contributed by atoms with E-state index in [0.717, 1.165) is 4.70 Å². The Morgan fingerprint density at radius 1 is 1.50 bits per heavy atom. The zero-order valence-corrected chi connectivity index (χ0v) is 9.25. The van der Waals surface area contributed by atoms with E-state index in [9.17, 15) is 4.39 Å². The van der Waals surface area contributed by atoms with Gasteiger partial charge in [0.05, 0.1) is 10.0 Å². The van der Waals surface area contributed by atoms with Gasteiger partial charge in [-0.2, -0.15) is 5.26 Å². The van der Waals surface area contributed by atoms with Crippen molar-refractivity contribution in [2.45, 2.75) is 0 Å². The zero-order valence-electron chi connectivity index (χ0n) is 6.84. The van der Waals surface area contributed by atoms with Crippen LogP contribution in [0.4, 0.5) is 9.39 Å². The number of thiophene rings is 1. The van der Waals surface area contributed by atoms with E-state index in [4.69, 9.17) is 11.0 Å². The van der Waals surface area contributed by atoms with Crippen LogP contribution in [-0.4, -0.2) is 0 Å². The Morgan fingerprint density at radius 3 is 2.86 bits per heavy atom. The Hall–Kier alpha value is -1.12. The van der Waals surface area contributed by atoms with Crippen LogP contribution in [0.3, 0.4) is 0 Å². The molecule has 2 nitrogen and oxygen atoms in total. The molecule has 0 saturated carbocycles. The molecule has 0 aliphatic rings. The van der Waals surface area contributed by atoms with Gasteiger partial charge in [0.15, 0.2) is 0 Å². The monoisotopic (exact) mass is 270 g/mol. The van der Waals surface area contributed by atoms with Gasteiger partial charge in [-0.25, -0.2) is 4.39 Å². The summed E-state index contributed by atoms with van der Waals surface area (Å²) >= 11 is 4.40. The second-order valence-electron chi connectivity index (χ2n) is 2.69.